The molecule has 1 fully saturated rings. The van der Waals surface area contributed by atoms with Crippen molar-refractivity contribution in [2.45, 2.75) is 13.8 Å². The van der Waals surface area contributed by atoms with Crippen molar-refractivity contribution in [3.63, 3.8) is 0 Å². The second-order valence-corrected chi connectivity index (χ2v) is 4.67. The van der Waals surface area contributed by atoms with Crippen LogP contribution < -0.4 is 5.46 Å². The van der Waals surface area contributed by atoms with Gasteiger partial charge in [-0.2, -0.15) is 0 Å². The number of halogens is 1. The van der Waals surface area contributed by atoms with Crippen LogP contribution in [0, 0.1) is 11.2 Å². The fourth-order valence-corrected chi connectivity index (χ4v) is 1.50. The van der Waals surface area contributed by atoms with Gasteiger partial charge in [0, 0.05) is 18.6 Å². The highest BCUT2D eigenvalue weighted by atomic mass is 19.1. The summed E-state index contributed by atoms with van der Waals surface area (Å²) in [6.07, 6.45) is 0. The number of benzene rings is 1. The van der Waals surface area contributed by atoms with Gasteiger partial charge in [-0.05, 0) is 17.6 Å². The van der Waals surface area contributed by atoms with Gasteiger partial charge in [0.1, 0.15) is 5.82 Å². The molecule has 1 aromatic rings. The van der Waals surface area contributed by atoms with Gasteiger partial charge in [-0.15, -0.1) is 0 Å². The molecule has 0 aliphatic carbocycles. The average Bonchev–Trinajstić information content (AvgIpc) is 2.20. The molecule has 0 N–H and O–H groups in total. The molecule has 0 radical (unpaired) electrons. The lowest BCUT2D eigenvalue weighted by Gasteiger charge is -2.33. The van der Waals surface area contributed by atoms with Crippen molar-refractivity contribution in [1.82, 2.24) is 0 Å². The minimum atomic E-state index is -0.348. The first-order valence-electron chi connectivity index (χ1n) is 5.05. The van der Waals surface area contributed by atoms with Crippen LogP contribution in [-0.2, 0) is 9.31 Å². The lowest BCUT2D eigenvalue weighted by molar-refractivity contribution is 0.0343. The third kappa shape index (κ3) is 2.58. The fourth-order valence-electron chi connectivity index (χ4n) is 1.50. The Morgan fingerprint density at radius 2 is 1.67 bits per heavy atom. The molecule has 2 nitrogen and oxygen atoms in total. The van der Waals surface area contributed by atoms with E-state index in [1.54, 1.807) is 12.1 Å². The number of hydrogen-bond acceptors (Lipinski definition) is 2. The first-order chi connectivity index (χ1) is 7.07. The predicted octanol–water partition coefficient (Wildman–Crippen LogP) is 1.59. The summed E-state index contributed by atoms with van der Waals surface area (Å²) in [6.45, 7) is 5.51. The summed E-state index contributed by atoms with van der Waals surface area (Å²) in [7, 11) is -0.348. The highest BCUT2D eigenvalue weighted by molar-refractivity contribution is 6.61. The smallest absolute Gasteiger partial charge is 0.407 e. The molecule has 1 aliphatic heterocycles. The number of hydrogen-bond donors (Lipinski definition) is 0. The van der Waals surface area contributed by atoms with Crippen molar-refractivity contribution in [2.75, 3.05) is 13.2 Å². The van der Waals surface area contributed by atoms with Crippen LogP contribution in [0.5, 0.6) is 0 Å². The van der Waals surface area contributed by atoms with Crippen LogP contribution in [0.3, 0.4) is 0 Å². The molecular formula is C11H14BFO2. The highest BCUT2D eigenvalue weighted by Gasteiger charge is 2.33. The second-order valence-electron chi connectivity index (χ2n) is 4.67. The van der Waals surface area contributed by atoms with Crippen LogP contribution in [0.2, 0.25) is 0 Å². The van der Waals surface area contributed by atoms with E-state index in [1.807, 2.05) is 0 Å². The molecule has 1 aromatic carbocycles. The van der Waals surface area contributed by atoms with Crippen molar-refractivity contribution < 1.29 is 13.7 Å². The van der Waals surface area contributed by atoms with Gasteiger partial charge in [0.15, 0.2) is 0 Å². The topological polar surface area (TPSA) is 18.5 Å². The molecule has 1 saturated heterocycles. The van der Waals surface area contributed by atoms with E-state index < -0.39 is 0 Å². The third-order valence-electron chi connectivity index (χ3n) is 2.39. The van der Waals surface area contributed by atoms with E-state index in [0.29, 0.717) is 13.2 Å². The zero-order chi connectivity index (χ0) is 10.9. The molecule has 0 unspecified atom stereocenters. The van der Waals surface area contributed by atoms with Gasteiger partial charge in [0.2, 0.25) is 0 Å². The standard InChI is InChI=1S/C11H14BFO2/c1-11(2)7-14-12(15-8-11)9-3-5-10(13)6-4-9/h3-6H,7-8H2,1-2H3. The van der Waals surface area contributed by atoms with Gasteiger partial charge in [0.25, 0.3) is 0 Å². The molecule has 80 valence electrons. The van der Waals surface area contributed by atoms with Gasteiger partial charge < -0.3 is 9.31 Å². The van der Waals surface area contributed by atoms with Gasteiger partial charge >= 0.3 is 7.12 Å². The van der Waals surface area contributed by atoms with Crippen molar-refractivity contribution >= 4 is 12.6 Å². The molecule has 0 spiro atoms. The summed E-state index contributed by atoms with van der Waals surface area (Å²) in [4.78, 5) is 0. The summed E-state index contributed by atoms with van der Waals surface area (Å²) < 4.78 is 23.8. The Morgan fingerprint density at radius 3 is 2.20 bits per heavy atom. The Balaban J connectivity index is 2.04. The normalized spacial score (nSPS) is 20.3. The van der Waals surface area contributed by atoms with Crippen LogP contribution in [0.1, 0.15) is 13.8 Å². The quantitative estimate of drug-likeness (QED) is 0.652. The summed E-state index contributed by atoms with van der Waals surface area (Å²) in [5.74, 6) is -0.241. The second kappa shape index (κ2) is 3.95. The highest BCUT2D eigenvalue weighted by Crippen LogP contribution is 2.21. The summed E-state index contributed by atoms with van der Waals surface area (Å²) in [5, 5.41) is 0. The first kappa shape index (κ1) is 10.6. The number of rotatable bonds is 1. The molecular weight excluding hydrogens is 194 g/mol. The van der Waals surface area contributed by atoms with E-state index in [-0.39, 0.29) is 18.4 Å². The van der Waals surface area contributed by atoms with Gasteiger partial charge in [0.05, 0.1) is 0 Å². The molecule has 1 heterocycles. The molecule has 15 heavy (non-hydrogen) atoms. The largest absolute Gasteiger partial charge is 0.493 e. The minimum absolute atomic E-state index is 0.0660. The van der Waals surface area contributed by atoms with E-state index in [9.17, 15) is 4.39 Å². The Morgan fingerprint density at radius 1 is 1.13 bits per heavy atom. The maximum Gasteiger partial charge on any atom is 0.493 e. The minimum Gasteiger partial charge on any atom is -0.407 e. The Hall–Kier alpha value is -0.865. The average molecular weight is 208 g/mol. The zero-order valence-electron chi connectivity index (χ0n) is 9.00. The van der Waals surface area contributed by atoms with E-state index in [2.05, 4.69) is 13.8 Å². The van der Waals surface area contributed by atoms with Crippen LogP contribution in [0.4, 0.5) is 4.39 Å². The van der Waals surface area contributed by atoms with Crippen molar-refractivity contribution in [2.24, 2.45) is 5.41 Å². The van der Waals surface area contributed by atoms with Crippen molar-refractivity contribution in [3.05, 3.63) is 30.1 Å². The van der Waals surface area contributed by atoms with E-state index in [0.717, 1.165) is 5.46 Å². The monoisotopic (exact) mass is 208 g/mol. The van der Waals surface area contributed by atoms with E-state index in [1.165, 1.54) is 12.1 Å². The Kier molecular flexibility index (Phi) is 2.80. The molecule has 0 saturated carbocycles. The first-order valence-corrected chi connectivity index (χ1v) is 5.05. The third-order valence-corrected chi connectivity index (χ3v) is 2.39. The maximum absolute atomic E-state index is 12.7. The SMILES string of the molecule is CC1(C)COB(c2ccc(F)cc2)OC1. The summed E-state index contributed by atoms with van der Waals surface area (Å²) >= 11 is 0. The van der Waals surface area contributed by atoms with Crippen LogP contribution in [0.15, 0.2) is 24.3 Å². The lowest BCUT2D eigenvalue weighted by atomic mass is 9.76. The maximum atomic E-state index is 12.7. The molecule has 0 bridgehead atoms. The predicted molar refractivity (Wildman–Crippen MR) is 57.5 cm³/mol. The van der Waals surface area contributed by atoms with Crippen LogP contribution >= 0.6 is 0 Å². The van der Waals surface area contributed by atoms with Crippen LogP contribution in [-0.4, -0.2) is 20.3 Å². The van der Waals surface area contributed by atoms with Crippen molar-refractivity contribution in [3.8, 4) is 0 Å². The van der Waals surface area contributed by atoms with E-state index >= 15 is 0 Å². The van der Waals surface area contributed by atoms with Gasteiger partial charge in [-0.1, -0.05) is 26.0 Å². The lowest BCUT2D eigenvalue weighted by Crippen LogP contribution is -2.47. The molecule has 0 aromatic heterocycles. The Labute approximate surface area is 89.5 Å². The molecule has 4 heteroatoms. The Bertz CT molecular complexity index is 327. The van der Waals surface area contributed by atoms with Gasteiger partial charge in [-0.3, -0.25) is 0 Å². The molecule has 1 aliphatic rings. The molecule has 0 atom stereocenters. The van der Waals surface area contributed by atoms with Gasteiger partial charge in [-0.25, -0.2) is 4.39 Å². The summed E-state index contributed by atoms with van der Waals surface area (Å²) in [6, 6.07) is 6.22. The zero-order valence-corrected chi connectivity index (χ0v) is 9.00. The molecule has 2 rings (SSSR count). The molecule has 0 amide bonds. The van der Waals surface area contributed by atoms with Crippen LogP contribution in [0.25, 0.3) is 0 Å². The van der Waals surface area contributed by atoms with E-state index in [4.69, 9.17) is 9.31 Å². The fraction of sp³-hybridized carbons (Fsp3) is 0.455. The summed E-state index contributed by atoms with van der Waals surface area (Å²) in [5.41, 5.74) is 0.934. The van der Waals surface area contributed by atoms with Crippen molar-refractivity contribution in [1.29, 1.82) is 0 Å².